The van der Waals surface area contributed by atoms with Crippen LogP contribution in [0.4, 0.5) is 0 Å². The smallest absolute Gasteiger partial charge is 0.171 e. The van der Waals surface area contributed by atoms with Crippen LogP contribution in [0.2, 0.25) is 0 Å². The minimum absolute atomic E-state index is 0.409. The SMILES string of the molecule is O=Cc1cn(CCN2CCCC2)nn1. The number of carbonyl (C=O) groups is 1. The average molecular weight is 194 g/mol. The molecule has 1 aromatic rings. The van der Waals surface area contributed by atoms with Crippen molar-refractivity contribution in [2.45, 2.75) is 19.4 Å². The Morgan fingerprint density at radius 2 is 2.14 bits per heavy atom. The molecule has 14 heavy (non-hydrogen) atoms. The van der Waals surface area contributed by atoms with Gasteiger partial charge in [0.25, 0.3) is 0 Å². The first kappa shape index (κ1) is 9.33. The fourth-order valence-electron chi connectivity index (χ4n) is 1.73. The second kappa shape index (κ2) is 4.32. The average Bonchev–Trinajstić information content (AvgIpc) is 2.86. The van der Waals surface area contributed by atoms with Crippen LogP contribution in [0, 0.1) is 0 Å². The molecule has 1 aliphatic rings. The lowest BCUT2D eigenvalue weighted by Crippen LogP contribution is -2.24. The van der Waals surface area contributed by atoms with Crippen molar-refractivity contribution in [3.05, 3.63) is 11.9 Å². The highest BCUT2D eigenvalue weighted by Crippen LogP contribution is 2.06. The molecular formula is C9H14N4O. The van der Waals surface area contributed by atoms with Crippen LogP contribution in [0.25, 0.3) is 0 Å². The Bertz CT molecular complexity index is 304. The number of likely N-dealkylation sites (tertiary alicyclic amines) is 1. The summed E-state index contributed by atoms with van der Waals surface area (Å²) in [7, 11) is 0. The zero-order chi connectivity index (χ0) is 9.80. The summed E-state index contributed by atoms with van der Waals surface area (Å²) in [6.45, 7) is 4.20. The third kappa shape index (κ3) is 2.17. The minimum atomic E-state index is 0.409. The largest absolute Gasteiger partial charge is 0.301 e. The standard InChI is InChI=1S/C9H14N4O/c14-8-9-7-13(11-10-9)6-5-12-3-1-2-4-12/h7-8H,1-6H2. The first-order valence-electron chi connectivity index (χ1n) is 4.96. The van der Waals surface area contributed by atoms with E-state index < -0.39 is 0 Å². The van der Waals surface area contributed by atoms with Gasteiger partial charge in [0, 0.05) is 6.54 Å². The van der Waals surface area contributed by atoms with Gasteiger partial charge in [0.15, 0.2) is 6.29 Å². The molecule has 2 heterocycles. The van der Waals surface area contributed by atoms with Gasteiger partial charge in [-0.3, -0.25) is 9.48 Å². The molecule has 0 aliphatic carbocycles. The second-order valence-electron chi connectivity index (χ2n) is 3.57. The molecule has 76 valence electrons. The Balaban J connectivity index is 1.81. The van der Waals surface area contributed by atoms with E-state index in [2.05, 4.69) is 15.2 Å². The molecule has 0 unspecified atom stereocenters. The van der Waals surface area contributed by atoms with Crippen LogP contribution in [0.1, 0.15) is 23.3 Å². The van der Waals surface area contributed by atoms with E-state index in [1.54, 1.807) is 10.9 Å². The molecule has 0 atom stereocenters. The second-order valence-corrected chi connectivity index (χ2v) is 3.57. The fourth-order valence-corrected chi connectivity index (χ4v) is 1.73. The normalized spacial score (nSPS) is 17.4. The van der Waals surface area contributed by atoms with Gasteiger partial charge in [0.1, 0.15) is 5.69 Å². The maximum atomic E-state index is 10.4. The van der Waals surface area contributed by atoms with Crippen molar-refractivity contribution >= 4 is 6.29 Å². The summed E-state index contributed by atoms with van der Waals surface area (Å²) in [6, 6.07) is 0. The molecule has 1 saturated heterocycles. The molecular weight excluding hydrogens is 180 g/mol. The van der Waals surface area contributed by atoms with Crippen molar-refractivity contribution in [2.75, 3.05) is 19.6 Å². The van der Waals surface area contributed by atoms with Gasteiger partial charge in [-0.05, 0) is 25.9 Å². The fraction of sp³-hybridized carbons (Fsp3) is 0.667. The van der Waals surface area contributed by atoms with E-state index in [9.17, 15) is 4.79 Å². The summed E-state index contributed by atoms with van der Waals surface area (Å²) >= 11 is 0. The Morgan fingerprint density at radius 1 is 1.36 bits per heavy atom. The molecule has 0 spiro atoms. The number of nitrogens with zero attached hydrogens (tertiary/aromatic N) is 4. The van der Waals surface area contributed by atoms with Gasteiger partial charge in [-0.25, -0.2) is 0 Å². The van der Waals surface area contributed by atoms with Crippen molar-refractivity contribution in [3.8, 4) is 0 Å². The summed E-state index contributed by atoms with van der Waals surface area (Å²) in [5.74, 6) is 0. The summed E-state index contributed by atoms with van der Waals surface area (Å²) in [4.78, 5) is 12.8. The van der Waals surface area contributed by atoms with Crippen molar-refractivity contribution in [2.24, 2.45) is 0 Å². The Morgan fingerprint density at radius 3 is 2.79 bits per heavy atom. The van der Waals surface area contributed by atoms with Crippen molar-refractivity contribution in [3.63, 3.8) is 0 Å². The third-order valence-corrected chi connectivity index (χ3v) is 2.52. The minimum Gasteiger partial charge on any atom is -0.301 e. The van der Waals surface area contributed by atoms with E-state index in [-0.39, 0.29) is 0 Å². The van der Waals surface area contributed by atoms with Gasteiger partial charge in [-0.2, -0.15) is 0 Å². The van der Waals surface area contributed by atoms with Gasteiger partial charge in [0.05, 0.1) is 12.7 Å². The lowest BCUT2D eigenvalue weighted by molar-refractivity contribution is 0.111. The van der Waals surface area contributed by atoms with Crippen molar-refractivity contribution < 1.29 is 4.79 Å². The van der Waals surface area contributed by atoms with Gasteiger partial charge >= 0.3 is 0 Å². The van der Waals surface area contributed by atoms with Crippen LogP contribution in [-0.4, -0.2) is 45.8 Å². The van der Waals surface area contributed by atoms with E-state index in [4.69, 9.17) is 0 Å². The Labute approximate surface area is 82.7 Å². The van der Waals surface area contributed by atoms with Crippen LogP contribution in [-0.2, 0) is 6.54 Å². The topological polar surface area (TPSA) is 51.0 Å². The predicted molar refractivity (Wildman–Crippen MR) is 51.1 cm³/mol. The quantitative estimate of drug-likeness (QED) is 0.642. The van der Waals surface area contributed by atoms with Crippen LogP contribution in [0.3, 0.4) is 0 Å². The highest BCUT2D eigenvalue weighted by Gasteiger charge is 2.11. The summed E-state index contributed by atoms with van der Waals surface area (Å²) in [6.07, 6.45) is 5.01. The molecule has 1 aliphatic heterocycles. The molecule has 0 saturated carbocycles. The maximum absolute atomic E-state index is 10.4. The number of hydrogen-bond donors (Lipinski definition) is 0. The van der Waals surface area contributed by atoms with E-state index in [1.807, 2.05) is 0 Å². The van der Waals surface area contributed by atoms with Crippen LogP contribution >= 0.6 is 0 Å². The predicted octanol–water partition coefficient (Wildman–Crippen LogP) is 0.186. The van der Waals surface area contributed by atoms with E-state index in [0.29, 0.717) is 5.69 Å². The first-order valence-corrected chi connectivity index (χ1v) is 4.96. The van der Waals surface area contributed by atoms with Crippen LogP contribution in [0.15, 0.2) is 6.20 Å². The molecule has 1 fully saturated rings. The zero-order valence-corrected chi connectivity index (χ0v) is 8.09. The monoisotopic (exact) mass is 194 g/mol. The van der Waals surface area contributed by atoms with Gasteiger partial charge in [-0.15, -0.1) is 5.10 Å². The molecule has 0 aromatic carbocycles. The Kier molecular flexibility index (Phi) is 2.88. The zero-order valence-electron chi connectivity index (χ0n) is 8.09. The number of hydrogen-bond acceptors (Lipinski definition) is 4. The molecule has 1 aromatic heterocycles. The molecule has 0 amide bonds. The van der Waals surface area contributed by atoms with Crippen molar-refractivity contribution in [1.29, 1.82) is 0 Å². The number of rotatable bonds is 4. The number of aldehydes is 1. The lowest BCUT2D eigenvalue weighted by Gasteiger charge is -2.13. The Hall–Kier alpha value is -1.23. The summed E-state index contributed by atoms with van der Waals surface area (Å²) in [5.41, 5.74) is 0.409. The summed E-state index contributed by atoms with van der Waals surface area (Å²) in [5, 5.41) is 7.56. The van der Waals surface area contributed by atoms with E-state index >= 15 is 0 Å². The third-order valence-electron chi connectivity index (χ3n) is 2.52. The molecule has 5 nitrogen and oxygen atoms in total. The number of carbonyl (C=O) groups excluding carboxylic acids is 1. The molecule has 2 rings (SSSR count). The molecule has 0 radical (unpaired) electrons. The van der Waals surface area contributed by atoms with Crippen LogP contribution < -0.4 is 0 Å². The molecule has 0 N–H and O–H groups in total. The lowest BCUT2D eigenvalue weighted by atomic mass is 10.4. The first-order chi connectivity index (χ1) is 6.88. The summed E-state index contributed by atoms with van der Waals surface area (Å²) < 4.78 is 1.72. The van der Waals surface area contributed by atoms with E-state index in [0.717, 1.165) is 19.4 Å². The van der Waals surface area contributed by atoms with Crippen molar-refractivity contribution in [1.82, 2.24) is 19.9 Å². The highest BCUT2D eigenvalue weighted by atomic mass is 16.1. The van der Waals surface area contributed by atoms with Gasteiger partial charge in [0.2, 0.25) is 0 Å². The maximum Gasteiger partial charge on any atom is 0.171 e. The van der Waals surface area contributed by atoms with Crippen LogP contribution in [0.5, 0.6) is 0 Å². The van der Waals surface area contributed by atoms with Gasteiger partial charge < -0.3 is 4.90 Å². The molecule has 0 bridgehead atoms. The van der Waals surface area contributed by atoms with E-state index in [1.165, 1.54) is 25.9 Å². The molecule has 5 heteroatoms. The van der Waals surface area contributed by atoms with Gasteiger partial charge in [-0.1, -0.05) is 5.21 Å². The number of aromatic nitrogens is 3. The highest BCUT2D eigenvalue weighted by molar-refractivity contribution is 5.70.